The Hall–Kier alpha value is -1.65. The number of hydrogen-bond donors (Lipinski definition) is 0. The van der Waals surface area contributed by atoms with Crippen LogP contribution in [-0.2, 0) is 0 Å². The van der Waals surface area contributed by atoms with Gasteiger partial charge in [-0.15, -0.1) is 0 Å². The summed E-state index contributed by atoms with van der Waals surface area (Å²) in [4.78, 5) is 10.3. The maximum absolute atomic E-state index is 13.2. The zero-order valence-electron chi connectivity index (χ0n) is 8.86. The normalized spacial score (nSPS) is 10.4. The molecule has 0 unspecified atom stereocenters. The van der Waals surface area contributed by atoms with Gasteiger partial charge in [-0.2, -0.15) is 0 Å². The molecule has 3 nitrogen and oxygen atoms in total. The van der Waals surface area contributed by atoms with Crippen molar-refractivity contribution in [3.05, 3.63) is 62.4 Å². The van der Waals surface area contributed by atoms with Gasteiger partial charge in [0.1, 0.15) is 5.82 Å². The molecule has 18 heavy (non-hydrogen) atoms. The molecule has 0 aliphatic rings. The van der Waals surface area contributed by atoms with Gasteiger partial charge in [0.05, 0.1) is 20.5 Å². The quantitative estimate of drug-likeness (QED) is 0.592. The summed E-state index contributed by atoms with van der Waals surface area (Å²) in [7, 11) is 0. The molecule has 0 aliphatic carbocycles. The third-order valence-electron chi connectivity index (χ3n) is 2.40. The van der Waals surface area contributed by atoms with Gasteiger partial charge in [-0.1, -0.05) is 35.3 Å². The molecule has 0 aromatic heterocycles. The number of hydrogen-bond acceptors (Lipinski definition) is 2. The largest absolute Gasteiger partial charge is 0.277 e. The third kappa shape index (κ3) is 2.30. The SMILES string of the molecule is O=[N+]([O-])c1ccc(F)cc1-c1cccc(Cl)c1Cl. The summed E-state index contributed by atoms with van der Waals surface area (Å²) in [6.45, 7) is 0. The molecular formula is C12H6Cl2FNO2. The minimum atomic E-state index is -0.591. The van der Waals surface area contributed by atoms with Gasteiger partial charge in [-0.3, -0.25) is 10.1 Å². The van der Waals surface area contributed by atoms with E-state index in [4.69, 9.17) is 23.2 Å². The lowest BCUT2D eigenvalue weighted by molar-refractivity contribution is -0.384. The number of nitro groups is 1. The Bertz CT molecular complexity index is 631. The monoisotopic (exact) mass is 285 g/mol. The summed E-state index contributed by atoms with van der Waals surface area (Å²) in [6, 6.07) is 7.89. The molecule has 2 rings (SSSR count). The summed E-state index contributed by atoms with van der Waals surface area (Å²) >= 11 is 11.8. The zero-order chi connectivity index (χ0) is 13.3. The molecule has 6 heteroatoms. The lowest BCUT2D eigenvalue weighted by Gasteiger charge is -2.06. The van der Waals surface area contributed by atoms with Crippen LogP contribution >= 0.6 is 23.2 Å². The molecule has 0 fully saturated rings. The Morgan fingerprint density at radius 2 is 1.83 bits per heavy atom. The molecule has 92 valence electrons. The molecular weight excluding hydrogens is 280 g/mol. The first-order valence-corrected chi connectivity index (χ1v) is 5.64. The number of nitrogens with zero attached hydrogens (tertiary/aromatic N) is 1. The van der Waals surface area contributed by atoms with E-state index in [1.54, 1.807) is 18.2 Å². The lowest BCUT2D eigenvalue weighted by atomic mass is 10.0. The van der Waals surface area contributed by atoms with Crippen LogP contribution in [0.2, 0.25) is 10.0 Å². The fraction of sp³-hybridized carbons (Fsp3) is 0. The average molecular weight is 286 g/mol. The Morgan fingerprint density at radius 3 is 2.50 bits per heavy atom. The number of halogens is 3. The van der Waals surface area contributed by atoms with Crippen molar-refractivity contribution in [2.24, 2.45) is 0 Å². The van der Waals surface area contributed by atoms with Crippen LogP contribution < -0.4 is 0 Å². The highest BCUT2D eigenvalue weighted by molar-refractivity contribution is 6.43. The van der Waals surface area contributed by atoms with Gasteiger partial charge in [0.25, 0.3) is 5.69 Å². The number of rotatable bonds is 2. The maximum atomic E-state index is 13.2. The minimum absolute atomic E-state index is 0.104. The van der Waals surface area contributed by atoms with E-state index < -0.39 is 10.7 Å². The minimum Gasteiger partial charge on any atom is -0.258 e. The summed E-state index contributed by atoms with van der Waals surface area (Å²) in [6.07, 6.45) is 0. The van der Waals surface area contributed by atoms with Gasteiger partial charge in [-0.05, 0) is 18.2 Å². The molecule has 2 aromatic carbocycles. The van der Waals surface area contributed by atoms with E-state index in [0.717, 1.165) is 18.2 Å². The van der Waals surface area contributed by atoms with Crippen LogP contribution in [-0.4, -0.2) is 4.92 Å². The molecule has 0 spiro atoms. The highest BCUT2D eigenvalue weighted by Crippen LogP contribution is 2.38. The average Bonchev–Trinajstić information content (AvgIpc) is 2.32. The van der Waals surface area contributed by atoms with E-state index in [-0.39, 0.29) is 21.3 Å². The van der Waals surface area contributed by atoms with Gasteiger partial charge >= 0.3 is 0 Å². The van der Waals surface area contributed by atoms with Crippen molar-refractivity contribution in [2.45, 2.75) is 0 Å². The summed E-state index contributed by atoms with van der Waals surface area (Å²) in [5.41, 5.74) is 0.212. The van der Waals surface area contributed by atoms with Crippen LogP contribution in [0.5, 0.6) is 0 Å². The van der Waals surface area contributed by atoms with Gasteiger partial charge in [0, 0.05) is 11.6 Å². The third-order valence-corrected chi connectivity index (χ3v) is 3.22. The number of benzene rings is 2. The van der Waals surface area contributed by atoms with Crippen LogP contribution in [0.25, 0.3) is 11.1 Å². The van der Waals surface area contributed by atoms with E-state index in [9.17, 15) is 14.5 Å². The van der Waals surface area contributed by atoms with Gasteiger partial charge in [-0.25, -0.2) is 4.39 Å². The maximum Gasteiger partial charge on any atom is 0.277 e. The van der Waals surface area contributed by atoms with Crippen LogP contribution in [0, 0.1) is 15.9 Å². The van der Waals surface area contributed by atoms with Crippen LogP contribution in [0.15, 0.2) is 36.4 Å². The standard InChI is InChI=1S/C12H6Cl2FNO2/c13-10-3-1-2-8(12(10)14)9-6-7(15)4-5-11(9)16(17)18/h1-6H. The Morgan fingerprint density at radius 1 is 1.11 bits per heavy atom. The van der Waals surface area contributed by atoms with E-state index in [2.05, 4.69) is 0 Å². The van der Waals surface area contributed by atoms with E-state index in [0.29, 0.717) is 5.56 Å². The Labute approximate surface area is 112 Å². The summed E-state index contributed by atoms with van der Waals surface area (Å²) < 4.78 is 13.2. The van der Waals surface area contributed by atoms with Crippen LogP contribution in [0.4, 0.5) is 10.1 Å². The highest BCUT2D eigenvalue weighted by Gasteiger charge is 2.19. The van der Waals surface area contributed by atoms with Crippen molar-refractivity contribution in [3.8, 4) is 11.1 Å². The molecule has 0 radical (unpaired) electrons. The van der Waals surface area contributed by atoms with Crippen molar-refractivity contribution in [1.29, 1.82) is 0 Å². The fourth-order valence-electron chi connectivity index (χ4n) is 1.60. The van der Waals surface area contributed by atoms with Crippen molar-refractivity contribution < 1.29 is 9.31 Å². The van der Waals surface area contributed by atoms with E-state index >= 15 is 0 Å². The first-order chi connectivity index (χ1) is 8.50. The Balaban J connectivity index is 2.73. The molecule has 0 N–H and O–H groups in total. The summed E-state index contributed by atoms with van der Waals surface area (Å²) in [5, 5.41) is 11.3. The van der Waals surface area contributed by atoms with Crippen molar-refractivity contribution in [2.75, 3.05) is 0 Å². The molecule has 2 aromatic rings. The van der Waals surface area contributed by atoms with Crippen molar-refractivity contribution in [1.82, 2.24) is 0 Å². The smallest absolute Gasteiger partial charge is 0.258 e. The molecule has 0 aliphatic heterocycles. The van der Waals surface area contributed by atoms with Crippen molar-refractivity contribution in [3.63, 3.8) is 0 Å². The summed E-state index contributed by atoms with van der Waals surface area (Å²) in [5.74, 6) is -0.577. The van der Waals surface area contributed by atoms with Crippen LogP contribution in [0.3, 0.4) is 0 Å². The molecule has 0 saturated carbocycles. The van der Waals surface area contributed by atoms with Gasteiger partial charge < -0.3 is 0 Å². The van der Waals surface area contributed by atoms with Gasteiger partial charge in [0.2, 0.25) is 0 Å². The van der Waals surface area contributed by atoms with E-state index in [1.807, 2.05) is 0 Å². The predicted octanol–water partition coefficient (Wildman–Crippen LogP) is 4.71. The number of nitro benzene ring substituents is 1. The highest BCUT2D eigenvalue weighted by atomic mass is 35.5. The second-order valence-electron chi connectivity index (χ2n) is 3.52. The second-order valence-corrected chi connectivity index (χ2v) is 4.31. The predicted molar refractivity (Wildman–Crippen MR) is 68.5 cm³/mol. The second kappa shape index (κ2) is 4.92. The lowest BCUT2D eigenvalue weighted by Crippen LogP contribution is -1.93. The zero-order valence-corrected chi connectivity index (χ0v) is 10.4. The molecule has 0 amide bonds. The topological polar surface area (TPSA) is 43.1 Å². The fourth-order valence-corrected chi connectivity index (χ4v) is 2.00. The molecule has 0 bridgehead atoms. The van der Waals surface area contributed by atoms with E-state index in [1.165, 1.54) is 0 Å². The van der Waals surface area contributed by atoms with Crippen LogP contribution in [0.1, 0.15) is 0 Å². The first-order valence-electron chi connectivity index (χ1n) is 4.89. The molecule has 0 atom stereocenters. The molecule has 0 heterocycles. The first kappa shape index (κ1) is 12.8. The molecule has 0 saturated heterocycles. The van der Waals surface area contributed by atoms with Crippen molar-refractivity contribution >= 4 is 28.9 Å². The van der Waals surface area contributed by atoms with Gasteiger partial charge in [0.15, 0.2) is 0 Å². The Kier molecular flexibility index (Phi) is 3.50.